The first kappa shape index (κ1) is 12.7. The Balaban J connectivity index is 2.07. The van der Waals surface area contributed by atoms with Crippen molar-refractivity contribution in [2.24, 2.45) is 0 Å². The molecule has 1 aromatic rings. The molecule has 4 heteroatoms. The average Bonchev–Trinajstić information content (AvgIpc) is 2.41. The average molecular weight is 249 g/mol. The van der Waals surface area contributed by atoms with Crippen LogP contribution in [0.15, 0.2) is 18.2 Å². The van der Waals surface area contributed by atoms with Crippen molar-refractivity contribution in [2.45, 2.75) is 38.2 Å². The molecule has 0 aliphatic heterocycles. The normalized spacial score (nSPS) is 16.3. The van der Waals surface area contributed by atoms with Crippen molar-refractivity contribution < 1.29 is 14.3 Å². The zero-order valence-corrected chi connectivity index (χ0v) is 10.6. The number of ether oxygens (including phenoxy) is 2. The van der Waals surface area contributed by atoms with Gasteiger partial charge in [0.25, 0.3) is 0 Å². The number of esters is 1. The molecule has 0 saturated heterocycles. The minimum atomic E-state index is -0.383. The van der Waals surface area contributed by atoms with Gasteiger partial charge in [0.05, 0.1) is 24.5 Å². The first-order valence-corrected chi connectivity index (χ1v) is 6.35. The maximum absolute atomic E-state index is 11.3. The number of carbonyl (C=O) groups is 1. The van der Waals surface area contributed by atoms with Gasteiger partial charge < -0.3 is 15.2 Å². The molecule has 4 nitrogen and oxygen atoms in total. The fourth-order valence-corrected chi connectivity index (χ4v) is 2.26. The maximum Gasteiger partial charge on any atom is 0.337 e. The Morgan fingerprint density at radius 1 is 1.28 bits per heavy atom. The second kappa shape index (κ2) is 5.76. The number of benzene rings is 1. The summed E-state index contributed by atoms with van der Waals surface area (Å²) in [5, 5.41) is 0. The second-order valence-electron chi connectivity index (χ2n) is 4.62. The van der Waals surface area contributed by atoms with E-state index in [1.165, 1.54) is 26.4 Å². The van der Waals surface area contributed by atoms with Crippen molar-refractivity contribution in [3.05, 3.63) is 23.8 Å². The molecule has 1 aliphatic rings. The van der Waals surface area contributed by atoms with Gasteiger partial charge in [-0.15, -0.1) is 0 Å². The van der Waals surface area contributed by atoms with Crippen molar-refractivity contribution >= 4 is 11.7 Å². The van der Waals surface area contributed by atoms with Crippen molar-refractivity contribution in [1.29, 1.82) is 0 Å². The van der Waals surface area contributed by atoms with E-state index in [2.05, 4.69) is 4.74 Å². The third kappa shape index (κ3) is 2.94. The number of nitrogen functional groups attached to an aromatic ring is 1. The van der Waals surface area contributed by atoms with E-state index in [0.717, 1.165) is 12.8 Å². The number of nitrogens with two attached hydrogens (primary N) is 1. The quantitative estimate of drug-likeness (QED) is 0.661. The SMILES string of the molecule is COC(=O)c1ccc(OC2CCCCC2)c(N)c1. The van der Waals surface area contributed by atoms with Gasteiger partial charge in [-0.25, -0.2) is 4.79 Å². The van der Waals surface area contributed by atoms with E-state index in [0.29, 0.717) is 17.0 Å². The number of rotatable bonds is 3. The van der Waals surface area contributed by atoms with E-state index in [1.807, 2.05) is 0 Å². The van der Waals surface area contributed by atoms with Crippen LogP contribution in [0.3, 0.4) is 0 Å². The van der Waals surface area contributed by atoms with Gasteiger partial charge in [0.2, 0.25) is 0 Å². The lowest BCUT2D eigenvalue weighted by molar-refractivity contribution is 0.0600. The van der Waals surface area contributed by atoms with Gasteiger partial charge in [-0.2, -0.15) is 0 Å². The monoisotopic (exact) mass is 249 g/mol. The smallest absolute Gasteiger partial charge is 0.337 e. The highest BCUT2D eigenvalue weighted by Gasteiger charge is 2.16. The molecular formula is C14H19NO3. The van der Waals surface area contributed by atoms with Gasteiger partial charge in [0.1, 0.15) is 5.75 Å². The first-order chi connectivity index (χ1) is 8.70. The molecule has 0 heterocycles. The molecule has 2 N–H and O–H groups in total. The van der Waals surface area contributed by atoms with Gasteiger partial charge in [-0.05, 0) is 43.9 Å². The molecule has 0 spiro atoms. The summed E-state index contributed by atoms with van der Waals surface area (Å²) < 4.78 is 10.5. The lowest BCUT2D eigenvalue weighted by atomic mass is 9.98. The highest BCUT2D eigenvalue weighted by Crippen LogP contribution is 2.28. The van der Waals surface area contributed by atoms with Gasteiger partial charge in [-0.3, -0.25) is 0 Å². The summed E-state index contributed by atoms with van der Waals surface area (Å²) >= 11 is 0. The summed E-state index contributed by atoms with van der Waals surface area (Å²) in [6.07, 6.45) is 6.13. The Morgan fingerprint density at radius 3 is 2.61 bits per heavy atom. The molecule has 0 aromatic heterocycles. The number of hydrogen-bond donors (Lipinski definition) is 1. The zero-order chi connectivity index (χ0) is 13.0. The predicted octanol–water partition coefficient (Wildman–Crippen LogP) is 2.77. The van der Waals surface area contributed by atoms with Crippen LogP contribution in [-0.4, -0.2) is 19.2 Å². The van der Waals surface area contributed by atoms with Crippen LogP contribution in [0.4, 0.5) is 5.69 Å². The Bertz CT molecular complexity index is 425. The molecule has 1 aliphatic carbocycles. The molecule has 0 unspecified atom stereocenters. The molecule has 0 radical (unpaired) electrons. The Labute approximate surface area is 107 Å². The van der Waals surface area contributed by atoms with E-state index in [9.17, 15) is 4.79 Å². The summed E-state index contributed by atoms with van der Waals surface area (Å²) in [6.45, 7) is 0. The van der Waals surface area contributed by atoms with Crippen LogP contribution in [0.2, 0.25) is 0 Å². The molecule has 0 bridgehead atoms. The van der Waals surface area contributed by atoms with Crippen LogP contribution < -0.4 is 10.5 Å². The van der Waals surface area contributed by atoms with E-state index >= 15 is 0 Å². The van der Waals surface area contributed by atoms with Crippen LogP contribution in [-0.2, 0) is 4.74 Å². The van der Waals surface area contributed by atoms with Crippen molar-refractivity contribution in [2.75, 3.05) is 12.8 Å². The molecule has 0 amide bonds. The molecular weight excluding hydrogens is 230 g/mol. The molecule has 18 heavy (non-hydrogen) atoms. The third-order valence-electron chi connectivity index (χ3n) is 3.28. The van der Waals surface area contributed by atoms with Crippen LogP contribution in [0, 0.1) is 0 Å². The molecule has 1 fully saturated rings. The van der Waals surface area contributed by atoms with E-state index in [1.54, 1.807) is 18.2 Å². The molecule has 98 valence electrons. The number of methoxy groups -OCH3 is 1. The highest BCUT2D eigenvalue weighted by atomic mass is 16.5. The zero-order valence-electron chi connectivity index (χ0n) is 10.6. The van der Waals surface area contributed by atoms with E-state index < -0.39 is 0 Å². The molecule has 0 atom stereocenters. The third-order valence-corrected chi connectivity index (χ3v) is 3.28. The lowest BCUT2D eigenvalue weighted by Gasteiger charge is -2.23. The second-order valence-corrected chi connectivity index (χ2v) is 4.62. The first-order valence-electron chi connectivity index (χ1n) is 6.35. The maximum atomic E-state index is 11.3. The number of carbonyl (C=O) groups excluding carboxylic acids is 1. The summed E-state index contributed by atoms with van der Waals surface area (Å²) in [5.41, 5.74) is 6.84. The topological polar surface area (TPSA) is 61.5 Å². The summed E-state index contributed by atoms with van der Waals surface area (Å²) in [7, 11) is 1.35. The fraction of sp³-hybridized carbons (Fsp3) is 0.500. The van der Waals surface area contributed by atoms with Crippen molar-refractivity contribution in [3.8, 4) is 5.75 Å². The van der Waals surface area contributed by atoms with Crippen LogP contribution in [0.5, 0.6) is 5.75 Å². The molecule has 2 rings (SSSR count). The van der Waals surface area contributed by atoms with Crippen LogP contribution in [0.1, 0.15) is 42.5 Å². The number of anilines is 1. The Morgan fingerprint density at radius 2 is 2.00 bits per heavy atom. The highest BCUT2D eigenvalue weighted by molar-refractivity contribution is 5.90. The van der Waals surface area contributed by atoms with Crippen LogP contribution in [0.25, 0.3) is 0 Å². The van der Waals surface area contributed by atoms with Crippen LogP contribution >= 0.6 is 0 Å². The van der Waals surface area contributed by atoms with Crippen molar-refractivity contribution in [1.82, 2.24) is 0 Å². The lowest BCUT2D eigenvalue weighted by Crippen LogP contribution is -2.20. The molecule has 1 saturated carbocycles. The largest absolute Gasteiger partial charge is 0.488 e. The van der Waals surface area contributed by atoms with E-state index in [-0.39, 0.29) is 12.1 Å². The van der Waals surface area contributed by atoms with E-state index in [4.69, 9.17) is 10.5 Å². The minimum Gasteiger partial charge on any atom is -0.488 e. The summed E-state index contributed by atoms with van der Waals surface area (Å²) in [5.74, 6) is 0.278. The van der Waals surface area contributed by atoms with Gasteiger partial charge in [-0.1, -0.05) is 6.42 Å². The standard InChI is InChI=1S/C14H19NO3/c1-17-14(16)10-7-8-13(12(15)9-10)18-11-5-3-2-4-6-11/h7-9,11H,2-6,15H2,1H3. The van der Waals surface area contributed by atoms with Gasteiger partial charge in [0, 0.05) is 0 Å². The summed E-state index contributed by atoms with van der Waals surface area (Å²) in [4.78, 5) is 11.3. The predicted molar refractivity (Wildman–Crippen MR) is 69.7 cm³/mol. The molecule has 1 aromatic carbocycles. The Hall–Kier alpha value is -1.71. The number of hydrogen-bond acceptors (Lipinski definition) is 4. The van der Waals surface area contributed by atoms with Gasteiger partial charge >= 0.3 is 5.97 Å². The Kier molecular flexibility index (Phi) is 4.07. The van der Waals surface area contributed by atoms with Crippen molar-refractivity contribution in [3.63, 3.8) is 0 Å². The minimum absolute atomic E-state index is 0.255. The summed E-state index contributed by atoms with van der Waals surface area (Å²) in [6, 6.07) is 5.03. The van der Waals surface area contributed by atoms with Gasteiger partial charge in [0.15, 0.2) is 0 Å². The fourth-order valence-electron chi connectivity index (χ4n) is 2.26.